The lowest BCUT2D eigenvalue weighted by Crippen LogP contribution is -2.27. The smallest absolute Gasteiger partial charge is 0.164 e. The van der Waals surface area contributed by atoms with E-state index >= 15 is 0 Å². The van der Waals surface area contributed by atoms with Crippen molar-refractivity contribution in [2.75, 3.05) is 0 Å². The molecule has 0 spiro atoms. The first-order valence-electron chi connectivity index (χ1n) is 4.15. The summed E-state index contributed by atoms with van der Waals surface area (Å²) < 4.78 is 16.5. The van der Waals surface area contributed by atoms with Gasteiger partial charge in [0, 0.05) is 0 Å². The molecule has 0 radical (unpaired) electrons. The summed E-state index contributed by atoms with van der Waals surface area (Å²) in [6.07, 6.45) is -0.0987. The molecule has 2 saturated heterocycles. The van der Waals surface area contributed by atoms with E-state index in [2.05, 4.69) is 0 Å². The lowest BCUT2D eigenvalue weighted by atomic mass is 10.2. The molecule has 2 aliphatic rings. The molecule has 2 heterocycles. The molecule has 4 heteroatoms. The van der Waals surface area contributed by atoms with E-state index in [1.807, 2.05) is 20.8 Å². The number of ether oxygens (including phenoxy) is 3. The van der Waals surface area contributed by atoms with Crippen LogP contribution in [0.1, 0.15) is 20.8 Å². The SMILES string of the molecule is C[C@H]1OC(Cl)[C@@H]2OC(C)(C)O[C@H]12. The number of alkyl halides is 1. The summed E-state index contributed by atoms with van der Waals surface area (Å²) in [7, 11) is 0. The van der Waals surface area contributed by atoms with Crippen molar-refractivity contribution < 1.29 is 14.2 Å². The second kappa shape index (κ2) is 2.58. The van der Waals surface area contributed by atoms with Crippen molar-refractivity contribution in [1.29, 1.82) is 0 Å². The first-order valence-corrected chi connectivity index (χ1v) is 4.58. The van der Waals surface area contributed by atoms with E-state index in [1.165, 1.54) is 0 Å². The molecule has 0 saturated carbocycles. The predicted molar refractivity (Wildman–Crippen MR) is 44.0 cm³/mol. The fourth-order valence-corrected chi connectivity index (χ4v) is 2.10. The van der Waals surface area contributed by atoms with Gasteiger partial charge in [-0.2, -0.15) is 0 Å². The first-order chi connectivity index (χ1) is 5.49. The molecule has 0 bridgehead atoms. The van der Waals surface area contributed by atoms with Gasteiger partial charge in [-0.15, -0.1) is 0 Å². The van der Waals surface area contributed by atoms with Crippen molar-refractivity contribution in [3.05, 3.63) is 0 Å². The fraction of sp³-hybridized carbons (Fsp3) is 1.00. The van der Waals surface area contributed by atoms with Crippen molar-refractivity contribution in [2.24, 2.45) is 0 Å². The molecule has 12 heavy (non-hydrogen) atoms. The molecule has 4 atom stereocenters. The Hall–Kier alpha value is 0.170. The highest BCUT2D eigenvalue weighted by atomic mass is 35.5. The summed E-state index contributed by atoms with van der Waals surface area (Å²) in [5, 5.41) is 0. The first kappa shape index (κ1) is 8.75. The molecule has 1 unspecified atom stereocenters. The molecule has 0 aromatic heterocycles. The largest absolute Gasteiger partial charge is 0.354 e. The van der Waals surface area contributed by atoms with Crippen LogP contribution in [-0.4, -0.2) is 29.7 Å². The Bertz CT molecular complexity index is 177. The molecule has 2 fully saturated rings. The van der Waals surface area contributed by atoms with Crippen molar-refractivity contribution in [1.82, 2.24) is 0 Å². The van der Waals surface area contributed by atoms with Gasteiger partial charge in [0.1, 0.15) is 12.2 Å². The molecule has 70 valence electrons. The Morgan fingerprint density at radius 2 is 1.75 bits per heavy atom. The molecule has 0 amide bonds. The molecule has 3 nitrogen and oxygen atoms in total. The van der Waals surface area contributed by atoms with Crippen LogP contribution in [0.25, 0.3) is 0 Å². The van der Waals surface area contributed by atoms with Crippen LogP contribution >= 0.6 is 11.6 Å². The van der Waals surface area contributed by atoms with E-state index in [1.54, 1.807) is 0 Å². The molecule has 0 aromatic carbocycles. The minimum absolute atomic E-state index is 0.0116. The van der Waals surface area contributed by atoms with Crippen molar-refractivity contribution >= 4 is 11.6 Å². The monoisotopic (exact) mass is 192 g/mol. The van der Waals surface area contributed by atoms with Gasteiger partial charge in [-0.3, -0.25) is 0 Å². The van der Waals surface area contributed by atoms with Gasteiger partial charge >= 0.3 is 0 Å². The normalized spacial score (nSPS) is 51.0. The van der Waals surface area contributed by atoms with Crippen LogP contribution in [0, 0.1) is 0 Å². The van der Waals surface area contributed by atoms with E-state index in [0.29, 0.717) is 0 Å². The van der Waals surface area contributed by atoms with Crippen LogP contribution in [0.4, 0.5) is 0 Å². The zero-order valence-corrected chi connectivity index (χ0v) is 8.17. The maximum Gasteiger partial charge on any atom is 0.164 e. The summed E-state index contributed by atoms with van der Waals surface area (Å²) in [5.74, 6) is -0.513. The predicted octanol–water partition coefficient (Wildman–Crippen LogP) is 1.49. The topological polar surface area (TPSA) is 27.7 Å². The van der Waals surface area contributed by atoms with E-state index in [-0.39, 0.29) is 23.9 Å². The van der Waals surface area contributed by atoms with E-state index in [0.717, 1.165) is 0 Å². The third-order valence-electron chi connectivity index (χ3n) is 2.23. The molecule has 0 aromatic rings. The third-order valence-corrected chi connectivity index (χ3v) is 2.58. The second-order valence-electron chi connectivity index (χ2n) is 3.76. The van der Waals surface area contributed by atoms with Gasteiger partial charge in [-0.25, -0.2) is 0 Å². The van der Waals surface area contributed by atoms with Crippen LogP contribution < -0.4 is 0 Å². The third kappa shape index (κ3) is 1.25. The zero-order chi connectivity index (χ0) is 8.93. The average molecular weight is 193 g/mol. The lowest BCUT2D eigenvalue weighted by molar-refractivity contribution is -0.177. The standard InChI is InChI=1S/C8H13ClO3/c1-4-5-6(7(9)10-4)12-8(2,3)11-5/h4-7H,1-3H3/t4-,5-,6-,7?/m1/s1. The summed E-state index contributed by atoms with van der Waals surface area (Å²) >= 11 is 5.91. The summed E-state index contributed by atoms with van der Waals surface area (Å²) in [5.41, 5.74) is -0.369. The van der Waals surface area contributed by atoms with Gasteiger partial charge in [0.25, 0.3) is 0 Å². The number of fused-ring (bicyclic) bond motifs is 1. The molecule has 0 N–H and O–H groups in total. The molecule has 0 aliphatic carbocycles. The Morgan fingerprint density at radius 3 is 2.33 bits per heavy atom. The molecular formula is C8H13ClO3. The fourth-order valence-electron chi connectivity index (χ4n) is 1.74. The Morgan fingerprint density at radius 1 is 1.17 bits per heavy atom. The highest BCUT2D eigenvalue weighted by Gasteiger charge is 2.53. The van der Waals surface area contributed by atoms with E-state index in [4.69, 9.17) is 25.8 Å². The highest BCUT2D eigenvalue weighted by Crippen LogP contribution is 2.39. The van der Waals surface area contributed by atoms with E-state index in [9.17, 15) is 0 Å². The summed E-state index contributed by atoms with van der Waals surface area (Å²) in [6, 6.07) is 0. The Labute approximate surface area is 76.9 Å². The van der Waals surface area contributed by atoms with Gasteiger partial charge in [0.05, 0.1) is 6.10 Å². The van der Waals surface area contributed by atoms with Gasteiger partial charge in [-0.05, 0) is 20.8 Å². The highest BCUT2D eigenvalue weighted by molar-refractivity contribution is 6.20. The number of hydrogen-bond donors (Lipinski definition) is 0. The molecule has 2 rings (SSSR count). The Balaban J connectivity index is 2.15. The maximum atomic E-state index is 5.91. The van der Waals surface area contributed by atoms with Crippen LogP contribution in [0.15, 0.2) is 0 Å². The lowest BCUT2D eigenvalue weighted by Gasteiger charge is -2.20. The number of hydrogen-bond acceptors (Lipinski definition) is 3. The van der Waals surface area contributed by atoms with Crippen molar-refractivity contribution in [3.8, 4) is 0 Å². The van der Waals surface area contributed by atoms with Crippen molar-refractivity contribution in [3.63, 3.8) is 0 Å². The quantitative estimate of drug-likeness (QED) is 0.545. The van der Waals surface area contributed by atoms with Gasteiger partial charge < -0.3 is 14.2 Å². The van der Waals surface area contributed by atoms with Crippen LogP contribution in [0.3, 0.4) is 0 Å². The number of halogens is 1. The maximum absolute atomic E-state index is 5.91. The minimum Gasteiger partial charge on any atom is -0.354 e. The molecular weight excluding hydrogens is 180 g/mol. The van der Waals surface area contributed by atoms with Gasteiger partial charge in [-0.1, -0.05) is 11.6 Å². The molecule has 2 aliphatic heterocycles. The minimum atomic E-state index is -0.513. The Kier molecular flexibility index (Phi) is 1.88. The van der Waals surface area contributed by atoms with Gasteiger partial charge in [0.15, 0.2) is 11.4 Å². The van der Waals surface area contributed by atoms with Crippen LogP contribution in [0.5, 0.6) is 0 Å². The number of rotatable bonds is 0. The van der Waals surface area contributed by atoms with Gasteiger partial charge in [0.2, 0.25) is 0 Å². The summed E-state index contributed by atoms with van der Waals surface area (Å²) in [6.45, 7) is 5.73. The van der Waals surface area contributed by atoms with Crippen LogP contribution in [0.2, 0.25) is 0 Å². The van der Waals surface area contributed by atoms with Crippen LogP contribution in [-0.2, 0) is 14.2 Å². The average Bonchev–Trinajstić information content (AvgIpc) is 2.34. The zero-order valence-electron chi connectivity index (χ0n) is 7.41. The van der Waals surface area contributed by atoms with E-state index < -0.39 is 5.79 Å². The second-order valence-corrected chi connectivity index (χ2v) is 4.19. The van der Waals surface area contributed by atoms with Crippen molar-refractivity contribution in [2.45, 2.75) is 50.4 Å². The summed E-state index contributed by atoms with van der Waals surface area (Å²) in [4.78, 5) is 0.